The lowest BCUT2D eigenvalue weighted by atomic mass is 9.58. The van der Waals surface area contributed by atoms with Gasteiger partial charge in [0.1, 0.15) is 0 Å². The third-order valence-corrected chi connectivity index (χ3v) is 5.08. The molecule has 0 aromatic carbocycles. The average molecular weight is 255 g/mol. The van der Waals surface area contributed by atoms with Gasteiger partial charge in [0.15, 0.2) is 0 Å². The second kappa shape index (κ2) is 6.36. The molecule has 2 unspecified atom stereocenters. The van der Waals surface area contributed by atoms with Crippen LogP contribution in [0.5, 0.6) is 0 Å². The zero-order chi connectivity index (χ0) is 13.0. The summed E-state index contributed by atoms with van der Waals surface area (Å²) in [5.74, 6) is 0. The molecule has 1 aliphatic heterocycles. The van der Waals surface area contributed by atoms with E-state index in [4.69, 9.17) is 9.47 Å². The highest BCUT2D eigenvalue weighted by molar-refractivity contribution is 5.06. The van der Waals surface area contributed by atoms with E-state index in [-0.39, 0.29) is 0 Å². The SMILES string of the molecule is CCNC1CC(OC2CCOCC2)C1(CC)CC. The Hall–Kier alpha value is -0.120. The Morgan fingerprint density at radius 1 is 1.17 bits per heavy atom. The molecule has 2 aliphatic rings. The van der Waals surface area contributed by atoms with E-state index in [1.54, 1.807) is 0 Å². The molecule has 2 rings (SSSR count). The predicted octanol–water partition coefficient (Wildman–Crippen LogP) is 2.74. The van der Waals surface area contributed by atoms with Gasteiger partial charge in [-0.25, -0.2) is 0 Å². The van der Waals surface area contributed by atoms with Crippen molar-refractivity contribution in [1.29, 1.82) is 0 Å². The lowest BCUT2D eigenvalue weighted by Gasteiger charge is -2.56. The highest BCUT2D eigenvalue weighted by Crippen LogP contribution is 2.49. The summed E-state index contributed by atoms with van der Waals surface area (Å²) in [6.45, 7) is 9.64. The van der Waals surface area contributed by atoms with E-state index in [9.17, 15) is 0 Å². The standard InChI is InChI=1S/C15H29NO2/c1-4-15(5-2)13(16-6-3)11-14(15)18-12-7-9-17-10-8-12/h12-14,16H,4-11H2,1-3H3. The van der Waals surface area contributed by atoms with E-state index >= 15 is 0 Å². The number of rotatable bonds is 6. The second-order valence-electron chi connectivity index (χ2n) is 5.72. The molecule has 1 heterocycles. The molecule has 1 aliphatic carbocycles. The Morgan fingerprint density at radius 2 is 1.83 bits per heavy atom. The molecule has 0 radical (unpaired) electrons. The Kier molecular flexibility index (Phi) is 5.05. The minimum absolute atomic E-state index is 0.369. The topological polar surface area (TPSA) is 30.5 Å². The van der Waals surface area contributed by atoms with Gasteiger partial charge in [-0.15, -0.1) is 0 Å². The quantitative estimate of drug-likeness (QED) is 0.791. The molecule has 3 heteroatoms. The van der Waals surface area contributed by atoms with Crippen LogP contribution in [0.4, 0.5) is 0 Å². The molecule has 1 N–H and O–H groups in total. The Morgan fingerprint density at radius 3 is 2.39 bits per heavy atom. The molecule has 0 spiro atoms. The first kappa shape index (κ1) is 14.3. The third-order valence-electron chi connectivity index (χ3n) is 5.08. The molecule has 106 valence electrons. The van der Waals surface area contributed by atoms with E-state index in [0.717, 1.165) is 32.6 Å². The summed E-state index contributed by atoms with van der Waals surface area (Å²) in [6.07, 6.45) is 6.66. The molecule has 1 saturated carbocycles. The molecule has 0 aromatic rings. The van der Waals surface area contributed by atoms with Crippen molar-refractivity contribution in [2.45, 2.75) is 71.1 Å². The number of hydrogen-bond acceptors (Lipinski definition) is 3. The summed E-state index contributed by atoms with van der Waals surface area (Å²) in [5, 5.41) is 3.64. The summed E-state index contributed by atoms with van der Waals surface area (Å²) in [5.41, 5.74) is 0.369. The molecule has 18 heavy (non-hydrogen) atoms. The zero-order valence-electron chi connectivity index (χ0n) is 12.2. The maximum atomic E-state index is 6.38. The maximum absolute atomic E-state index is 6.38. The summed E-state index contributed by atoms with van der Waals surface area (Å²) < 4.78 is 11.8. The minimum atomic E-state index is 0.369. The summed E-state index contributed by atoms with van der Waals surface area (Å²) in [4.78, 5) is 0. The predicted molar refractivity (Wildman–Crippen MR) is 73.8 cm³/mol. The van der Waals surface area contributed by atoms with Crippen LogP contribution in [-0.4, -0.2) is 38.0 Å². The van der Waals surface area contributed by atoms with Gasteiger partial charge in [0.25, 0.3) is 0 Å². The van der Waals surface area contributed by atoms with Crippen LogP contribution in [0.2, 0.25) is 0 Å². The zero-order valence-corrected chi connectivity index (χ0v) is 12.2. The van der Waals surface area contributed by atoms with Gasteiger partial charge in [0, 0.05) is 24.7 Å². The van der Waals surface area contributed by atoms with Crippen molar-refractivity contribution >= 4 is 0 Å². The summed E-state index contributed by atoms with van der Waals surface area (Å²) >= 11 is 0. The van der Waals surface area contributed by atoms with Gasteiger partial charge in [-0.05, 0) is 38.6 Å². The van der Waals surface area contributed by atoms with Crippen LogP contribution in [0.3, 0.4) is 0 Å². The first-order chi connectivity index (χ1) is 8.76. The lowest BCUT2D eigenvalue weighted by molar-refractivity contribution is -0.180. The normalized spacial score (nSPS) is 32.2. The summed E-state index contributed by atoms with van der Waals surface area (Å²) in [7, 11) is 0. The van der Waals surface area contributed by atoms with Crippen LogP contribution >= 0.6 is 0 Å². The van der Waals surface area contributed by atoms with Crippen LogP contribution in [0.15, 0.2) is 0 Å². The molecule has 0 aromatic heterocycles. The van der Waals surface area contributed by atoms with Crippen molar-refractivity contribution in [3.63, 3.8) is 0 Å². The minimum Gasteiger partial charge on any atom is -0.381 e. The Bertz CT molecular complexity index is 247. The van der Waals surface area contributed by atoms with Gasteiger partial charge in [-0.1, -0.05) is 20.8 Å². The van der Waals surface area contributed by atoms with Crippen LogP contribution in [0, 0.1) is 5.41 Å². The van der Waals surface area contributed by atoms with Gasteiger partial charge in [-0.2, -0.15) is 0 Å². The van der Waals surface area contributed by atoms with Crippen molar-refractivity contribution in [2.75, 3.05) is 19.8 Å². The largest absolute Gasteiger partial charge is 0.381 e. The molecule has 2 fully saturated rings. The smallest absolute Gasteiger partial charge is 0.0664 e. The lowest BCUT2D eigenvalue weighted by Crippen LogP contribution is -2.64. The fourth-order valence-electron chi connectivity index (χ4n) is 3.71. The van der Waals surface area contributed by atoms with Crippen LogP contribution in [0.25, 0.3) is 0 Å². The van der Waals surface area contributed by atoms with E-state index < -0.39 is 0 Å². The molecule has 0 amide bonds. The number of hydrogen-bond donors (Lipinski definition) is 1. The van der Waals surface area contributed by atoms with Gasteiger partial charge in [0.2, 0.25) is 0 Å². The van der Waals surface area contributed by atoms with Crippen molar-refractivity contribution in [1.82, 2.24) is 5.32 Å². The highest BCUT2D eigenvalue weighted by Gasteiger charge is 2.53. The van der Waals surface area contributed by atoms with Gasteiger partial charge in [0.05, 0.1) is 12.2 Å². The molecule has 2 atom stereocenters. The molecule has 3 nitrogen and oxygen atoms in total. The van der Waals surface area contributed by atoms with Crippen molar-refractivity contribution < 1.29 is 9.47 Å². The van der Waals surface area contributed by atoms with Crippen molar-refractivity contribution in [2.24, 2.45) is 5.41 Å². The van der Waals surface area contributed by atoms with Crippen LogP contribution in [0.1, 0.15) is 52.9 Å². The van der Waals surface area contributed by atoms with Gasteiger partial charge < -0.3 is 14.8 Å². The van der Waals surface area contributed by atoms with Crippen molar-refractivity contribution in [3.05, 3.63) is 0 Å². The first-order valence-electron chi connectivity index (χ1n) is 7.73. The van der Waals surface area contributed by atoms with Gasteiger partial charge in [-0.3, -0.25) is 0 Å². The van der Waals surface area contributed by atoms with Crippen LogP contribution in [-0.2, 0) is 9.47 Å². The van der Waals surface area contributed by atoms with Crippen molar-refractivity contribution in [3.8, 4) is 0 Å². The van der Waals surface area contributed by atoms with E-state index in [1.165, 1.54) is 19.3 Å². The number of ether oxygens (including phenoxy) is 2. The van der Waals surface area contributed by atoms with E-state index in [2.05, 4.69) is 26.1 Å². The van der Waals surface area contributed by atoms with Gasteiger partial charge >= 0.3 is 0 Å². The van der Waals surface area contributed by atoms with E-state index in [0.29, 0.717) is 23.7 Å². The first-order valence-corrected chi connectivity index (χ1v) is 7.73. The third kappa shape index (κ3) is 2.59. The molecular formula is C15H29NO2. The Labute approximate surface area is 112 Å². The fourth-order valence-corrected chi connectivity index (χ4v) is 3.71. The maximum Gasteiger partial charge on any atom is 0.0664 e. The molecule has 0 bridgehead atoms. The van der Waals surface area contributed by atoms with E-state index in [1.807, 2.05) is 0 Å². The molecular weight excluding hydrogens is 226 g/mol. The second-order valence-corrected chi connectivity index (χ2v) is 5.72. The average Bonchev–Trinajstić information content (AvgIpc) is 2.40. The fraction of sp³-hybridized carbons (Fsp3) is 1.00. The molecule has 1 saturated heterocycles. The Balaban J connectivity index is 1.91. The number of nitrogens with one attached hydrogen (secondary N) is 1. The van der Waals surface area contributed by atoms with Crippen LogP contribution < -0.4 is 5.32 Å². The highest BCUT2D eigenvalue weighted by atomic mass is 16.5. The monoisotopic (exact) mass is 255 g/mol. The summed E-state index contributed by atoms with van der Waals surface area (Å²) in [6, 6.07) is 0.655.